The molecule has 0 unspecified atom stereocenters. The molecule has 0 N–H and O–H groups in total. The third kappa shape index (κ3) is 2.89. The zero-order chi connectivity index (χ0) is 14.7. The zero-order valence-corrected chi connectivity index (χ0v) is 12.1. The summed E-state index contributed by atoms with van der Waals surface area (Å²) >= 11 is 0. The van der Waals surface area contributed by atoms with Gasteiger partial charge in [0.2, 0.25) is 0 Å². The number of pyridine rings is 3. The fraction of sp³-hybridized carbons (Fsp3) is 0.118. The van der Waals surface area contributed by atoms with E-state index in [1.807, 2.05) is 62.6 Å². The summed E-state index contributed by atoms with van der Waals surface area (Å²) in [6.45, 7) is 0. The van der Waals surface area contributed by atoms with Gasteiger partial charge in [0.1, 0.15) is 0 Å². The third-order valence-corrected chi connectivity index (χ3v) is 3.18. The minimum absolute atomic E-state index is 0.849. The quantitative estimate of drug-likeness (QED) is 0.736. The predicted molar refractivity (Wildman–Crippen MR) is 85.0 cm³/mol. The molecule has 0 saturated heterocycles. The lowest BCUT2D eigenvalue weighted by molar-refractivity contribution is 1.11. The van der Waals surface area contributed by atoms with Crippen LogP contribution in [0.15, 0.2) is 60.9 Å². The summed E-state index contributed by atoms with van der Waals surface area (Å²) in [6, 6.07) is 15.7. The van der Waals surface area contributed by atoms with Gasteiger partial charge in [0.15, 0.2) is 0 Å². The molecule has 3 rings (SSSR count). The molecule has 3 heterocycles. The minimum Gasteiger partial charge on any atom is -0.378 e. The van der Waals surface area contributed by atoms with Crippen molar-refractivity contribution in [3.8, 4) is 22.8 Å². The second-order valence-electron chi connectivity index (χ2n) is 4.92. The largest absolute Gasteiger partial charge is 0.378 e. The molecule has 3 aromatic rings. The smallest absolute Gasteiger partial charge is 0.0914 e. The Morgan fingerprint density at radius 1 is 0.714 bits per heavy atom. The maximum absolute atomic E-state index is 4.70. The van der Waals surface area contributed by atoms with Crippen molar-refractivity contribution < 1.29 is 0 Å². The lowest BCUT2D eigenvalue weighted by atomic mass is 10.1. The van der Waals surface area contributed by atoms with E-state index in [-0.39, 0.29) is 0 Å². The Kier molecular flexibility index (Phi) is 3.60. The van der Waals surface area contributed by atoms with Crippen molar-refractivity contribution in [2.75, 3.05) is 19.0 Å². The first-order chi connectivity index (χ1) is 10.2. The highest BCUT2D eigenvalue weighted by Gasteiger charge is 2.09. The van der Waals surface area contributed by atoms with Gasteiger partial charge >= 0.3 is 0 Å². The van der Waals surface area contributed by atoms with Crippen LogP contribution < -0.4 is 4.90 Å². The Labute approximate surface area is 124 Å². The summed E-state index contributed by atoms with van der Waals surface area (Å²) in [5.41, 5.74) is 4.49. The Morgan fingerprint density at radius 2 is 1.24 bits per heavy atom. The fourth-order valence-corrected chi connectivity index (χ4v) is 2.07. The van der Waals surface area contributed by atoms with E-state index in [0.717, 1.165) is 28.5 Å². The van der Waals surface area contributed by atoms with Gasteiger partial charge in [-0.3, -0.25) is 9.97 Å². The number of rotatable bonds is 3. The first kappa shape index (κ1) is 13.2. The monoisotopic (exact) mass is 276 g/mol. The molecular formula is C17H16N4. The molecule has 3 aromatic heterocycles. The maximum Gasteiger partial charge on any atom is 0.0914 e. The topological polar surface area (TPSA) is 41.9 Å². The van der Waals surface area contributed by atoms with Gasteiger partial charge in [-0.25, -0.2) is 4.98 Å². The van der Waals surface area contributed by atoms with Crippen molar-refractivity contribution in [1.82, 2.24) is 15.0 Å². The van der Waals surface area contributed by atoms with Crippen LogP contribution in [0.5, 0.6) is 0 Å². The molecule has 0 aliphatic rings. The Hall–Kier alpha value is -2.75. The van der Waals surface area contributed by atoms with Gasteiger partial charge in [-0.2, -0.15) is 0 Å². The van der Waals surface area contributed by atoms with Crippen LogP contribution in [0.2, 0.25) is 0 Å². The van der Waals surface area contributed by atoms with Gasteiger partial charge in [0.05, 0.1) is 22.8 Å². The summed E-state index contributed by atoms with van der Waals surface area (Å²) in [6.07, 6.45) is 3.56. The third-order valence-electron chi connectivity index (χ3n) is 3.18. The van der Waals surface area contributed by atoms with Gasteiger partial charge in [-0.05, 0) is 36.4 Å². The van der Waals surface area contributed by atoms with E-state index in [4.69, 9.17) is 4.98 Å². The van der Waals surface area contributed by atoms with Crippen LogP contribution in [-0.4, -0.2) is 29.0 Å². The molecule has 21 heavy (non-hydrogen) atoms. The van der Waals surface area contributed by atoms with Crippen molar-refractivity contribution in [1.29, 1.82) is 0 Å². The molecule has 104 valence electrons. The summed E-state index contributed by atoms with van der Waals surface area (Å²) in [5, 5.41) is 0. The second kappa shape index (κ2) is 5.71. The van der Waals surface area contributed by atoms with Gasteiger partial charge in [0.25, 0.3) is 0 Å². The van der Waals surface area contributed by atoms with Crippen molar-refractivity contribution in [3.63, 3.8) is 0 Å². The van der Waals surface area contributed by atoms with Crippen LogP contribution in [-0.2, 0) is 0 Å². The summed E-state index contributed by atoms with van der Waals surface area (Å²) in [4.78, 5) is 15.5. The Bertz CT molecular complexity index is 667. The molecule has 0 bridgehead atoms. The SMILES string of the molecule is CN(C)c1cc(-c2ccccn2)nc(-c2ccccn2)c1. The first-order valence-corrected chi connectivity index (χ1v) is 6.76. The van der Waals surface area contributed by atoms with E-state index < -0.39 is 0 Å². The van der Waals surface area contributed by atoms with Crippen LogP contribution >= 0.6 is 0 Å². The fourth-order valence-electron chi connectivity index (χ4n) is 2.07. The van der Waals surface area contributed by atoms with Crippen LogP contribution in [0.25, 0.3) is 22.8 Å². The van der Waals surface area contributed by atoms with E-state index in [2.05, 4.69) is 14.9 Å². The van der Waals surface area contributed by atoms with Gasteiger partial charge in [0, 0.05) is 32.2 Å². The highest BCUT2D eigenvalue weighted by Crippen LogP contribution is 2.26. The number of anilines is 1. The van der Waals surface area contributed by atoms with Crippen molar-refractivity contribution in [2.24, 2.45) is 0 Å². The van der Waals surface area contributed by atoms with E-state index >= 15 is 0 Å². The molecule has 0 atom stereocenters. The second-order valence-corrected chi connectivity index (χ2v) is 4.92. The van der Waals surface area contributed by atoms with E-state index in [1.54, 1.807) is 12.4 Å². The van der Waals surface area contributed by atoms with E-state index in [9.17, 15) is 0 Å². The van der Waals surface area contributed by atoms with Crippen LogP contribution in [0.3, 0.4) is 0 Å². The summed E-state index contributed by atoms with van der Waals surface area (Å²) < 4.78 is 0. The highest BCUT2D eigenvalue weighted by atomic mass is 15.1. The molecule has 0 aliphatic carbocycles. The van der Waals surface area contributed by atoms with Crippen molar-refractivity contribution in [3.05, 3.63) is 60.9 Å². The molecular weight excluding hydrogens is 260 g/mol. The number of hydrogen-bond acceptors (Lipinski definition) is 4. The Balaban J connectivity index is 2.16. The molecule has 0 amide bonds. The number of nitrogens with zero attached hydrogens (tertiary/aromatic N) is 4. The minimum atomic E-state index is 0.849. The Morgan fingerprint density at radius 3 is 1.62 bits per heavy atom. The van der Waals surface area contributed by atoms with E-state index in [0.29, 0.717) is 0 Å². The number of hydrogen-bond donors (Lipinski definition) is 0. The van der Waals surface area contributed by atoms with Crippen LogP contribution in [0, 0.1) is 0 Å². The zero-order valence-electron chi connectivity index (χ0n) is 12.1. The van der Waals surface area contributed by atoms with E-state index in [1.165, 1.54) is 0 Å². The summed E-state index contributed by atoms with van der Waals surface area (Å²) in [7, 11) is 4.03. The molecule has 0 radical (unpaired) electrons. The van der Waals surface area contributed by atoms with Gasteiger partial charge in [-0.1, -0.05) is 12.1 Å². The number of aromatic nitrogens is 3. The average molecular weight is 276 g/mol. The van der Waals surface area contributed by atoms with Crippen LogP contribution in [0.1, 0.15) is 0 Å². The standard InChI is InChI=1S/C17H16N4/c1-21(2)13-11-16(14-7-3-5-9-18-14)20-17(12-13)15-8-4-6-10-19-15/h3-12H,1-2H3. The van der Waals surface area contributed by atoms with Crippen molar-refractivity contribution >= 4 is 5.69 Å². The van der Waals surface area contributed by atoms with Crippen LogP contribution in [0.4, 0.5) is 5.69 Å². The highest BCUT2D eigenvalue weighted by molar-refractivity contribution is 5.69. The lowest BCUT2D eigenvalue weighted by Crippen LogP contribution is -2.09. The molecule has 0 aromatic carbocycles. The molecule has 4 heteroatoms. The molecule has 0 saturated carbocycles. The van der Waals surface area contributed by atoms with Crippen molar-refractivity contribution in [2.45, 2.75) is 0 Å². The average Bonchev–Trinajstić information content (AvgIpc) is 2.56. The normalized spacial score (nSPS) is 10.4. The van der Waals surface area contributed by atoms with Gasteiger partial charge < -0.3 is 4.90 Å². The molecule has 0 spiro atoms. The molecule has 4 nitrogen and oxygen atoms in total. The van der Waals surface area contributed by atoms with Gasteiger partial charge in [-0.15, -0.1) is 0 Å². The first-order valence-electron chi connectivity index (χ1n) is 6.76. The summed E-state index contributed by atoms with van der Waals surface area (Å²) in [5.74, 6) is 0. The lowest BCUT2D eigenvalue weighted by Gasteiger charge is -2.15. The molecule has 0 aliphatic heterocycles. The predicted octanol–water partition coefficient (Wildman–Crippen LogP) is 3.27. The molecule has 0 fully saturated rings. The maximum atomic E-state index is 4.70.